The largest absolute Gasteiger partial charge is 0.601 e. The first-order valence-corrected chi connectivity index (χ1v) is 3.67. The van der Waals surface area contributed by atoms with Crippen LogP contribution in [0.3, 0.4) is 0 Å². The van der Waals surface area contributed by atoms with Gasteiger partial charge in [-0.15, -0.1) is 0 Å². The summed E-state index contributed by atoms with van der Waals surface area (Å²) in [6.07, 6.45) is 0. The summed E-state index contributed by atoms with van der Waals surface area (Å²) in [4.78, 5) is 28.5. The van der Waals surface area contributed by atoms with Gasteiger partial charge in [0.25, 0.3) is 14.0 Å². The minimum absolute atomic E-state index is 0.188. The van der Waals surface area contributed by atoms with Crippen LogP contribution in [0.15, 0.2) is 12.2 Å². The van der Waals surface area contributed by atoms with E-state index in [0.717, 1.165) is 0 Å². The van der Waals surface area contributed by atoms with Crippen molar-refractivity contribution < 1.29 is 19.3 Å². The van der Waals surface area contributed by atoms with E-state index >= 15 is 0 Å². The van der Waals surface area contributed by atoms with E-state index in [2.05, 4.69) is 11.3 Å². The van der Waals surface area contributed by atoms with Crippen molar-refractivity contribution >= 4 is 20.0 Å². The first-order chi connectivity index (χ1) is 4.54. The van der Waals surface area contributed by atoms with Gasteiger partial charge in [-0.25, -0.2) is 4.79 Å². The number of esters is 1. The third-order valence-electron chi connectivity index (χ3n) is 0.598. The van der Waals surface area contributed by atoms with Crippen molar-refractivity contribution in [1.29, 1.82) is 0 Å². The zero-order valence-corrected chi connectivity index (χ0v) is 6.30. The Kier molecular flexibility index (Phi) is 3.88. The van der Waals surface area contributed by atoms with Gasteiger partial charge in [0.05, 0.1) is 0 Å². The quantitative estimate of drug-likeness (QED) is 0.338. The van der Waals surface area contributed by atoms with E-state index in [-0.39, 0.29) is 5.57 Å². The average Bonchev–Trinajstić information content (AvgIpc) is 1.82. The van der Waals surface area contributed by atoms with E-state index in [0.29, 0.717) is 5.98 Å². The van der Waals surface area contributed by atoms with Crippen LogP contribution in [-0.2, 0) is 9.53 Å². The SMILES string of the molecule is C=C(C)C(=O)OC=[P+]([O-])O. The number of carbonyl (C=O) groups is 1. The molecule has 5 heteroatoms. The molecule has 1 N–H and O–H groups in total. The molecule has 0 amide bonds. The van der Waals surface area contributed by atoms with Gasteiger partial charge in [-0.1, -0.05) is 6.58 Å². The summed E-state index contributed by atoms with van der Waals surface area (Å²) >= 11 is 0. The van der Waals surface area contributed by atoms with Gasteiger partial charge in [-0.05, 0) is 6.92 Å². The molecule has 0 aromatic carbocycles. The summed E-state index contributed by atoms with van der Waals surface area (Å²) in [5.41, 5.74) is 0.188. The molecule has 0 aliphatic rings. The van der Waals surface area contributed by atoms with E-state index in [9.17, 15) is 9.69 Å². The molecule has 4 nitrogen and oxygen atoms in total. The standard InChI is InChI=1S/C5H7O4P/c1-4(2)5(6)9-3-10(7)8/h3H,1H2,2H3,(H,7,8). The lowest BCUT2D eigenvalue weighted by Crippen LogP contribution is -2.03. The van der Waals surface area contributed by atoms with Crippen LogP contribution in [0, 0.1) is 0 Å². The third-order valence-corrected chi connectivity index (χ3v) is 0.884. The second-order valence-corrected chi connectivity index (χ2v) is 2.41. The van der Waals surface area contributed by atoms with E-state index in [1.807, 2.05) is 0 Å². The van der Waals surface area contributed by atoms with Crippen LogP contribution in [0.1, 0.15) is 6.92 Å². The summed E-state index contributed by atoms with van der Waals surface area (Å²) in [5.74, 6) is -0.135. The molecule has 0 radical (unpaired) electrons. The van der Waals surface area contributed by atoms with Crippen LogP contribution in [0.2, 0.25) is 0 Å². The van der Waals surface area contributed by atoms with Gasteiger partial charge in [0, 0.05) is 5.57 Å². The van der Waals surface area contributed by atoms with Gasteiger partial charge >= 0.3 is 5.97 Å². The summed E-state index contributed by atoms with van der Waals surface area (Å²) in [6, 6.07) is 0. The second kappa shape index (κ2) is 4.17. The molecule has 0 saturated heterocycles. The van der Waals surface area contributed by atoms with Crippen molar-refractivity contribution in [3.63, 3.8) is 0 Å². The minimum Gasteiger partial charge on any atom is -0.601 e. The van der Waals surface area contributed by atoms with Crippen LogP contribution in [0.25, 0.3) is 0 Å². The van der Waals surface area contributed by atoms with Gasteiger partial charge in [0.1, 0.15) is 0 Å². The Bertz CT molecular complexity index is 180. The number of hydrogen-bond acceptors (Lipinski definition) is 4. The number of rotatable bonds is 2. The Morgan fingerprint density at radius 2 is 2.40 bits per heavy atom. The first-order valence-electron chi connectivity index (χ1n) is 2.39. The highest BCUT2D eigenvalue weighted by Gasteiger charge is 2.01. The third kappa shape index (κ3) is 4.21. The van der Waals surface area contributed by atoms with E-state index in [1.54, 1.807) is 0 Å². The van der Waals surface area contributed by atoms with Crippen LogP contribution in [0.5, 0.6) is 0 Å². The monoisotopic (exact) mass is 162 g/mol. The topological polar surface area (TPSA) is 69.6 Å². The van der Waals surface area contributed by atoms with Crippen LogP contribution in [-0.4, -0.2) is 16.8 Å². The van der Waals surface area contributed by atoms with Crippen molar-refractivity contribution in [2.75, 3.05) is 0 Å². The highest BCUT2D eigenvalue weighted by Crippen LogP contribution is 1.99. The fourth-order valence-electron chi connectivity index (χ4n) is 0.194. The lowest BCUT2D eigenvalue weighted by atomic mass is 10.4. The van der Waals surface area contributed by atoms with Gasteiger partial charge in [-0.3, -0.25) is 0 Å². The Hall–Kier alpha value is -0.700. The maximum atomic E-state index is 10.5. The average molecular weight is 162 g/mol. The highest BCUT2D eigenvalue weighted by molar-refractivity contribution is 7.43. The number of ether oxygens (including phenoxy) is 1. The Morgan fingerprint density at radius 3 is 2.70 bits per heavy atom. The molecule has 0 rings (SSSR count). The van der Waals surface area contributed by atoms with Crippen molar-refractivity contribution in [1.82, 2.24) is 0 Å². The molecule has 0 aromatic rings. The zero-order chi connectivity index (χ0) is 8.15. The van der Waals surface area contributed by atoms with Crippen LogP contribution in [0.4, 0.5) is 0 Å². The molecular formula is C5H7O4P. The molecule has 0 aliphatic carbocycles. The number of carbonyl (C=O) groups excluding carboxylic acids is 1. The lowest BCUT2D eigenvalue weighted by molar-refractivity contribution is -0.168. The van der Waals surface area contributed by atoms with Crippen molar-refractivity contribution in [2.24, 2.45) is 0 Å². The van der Waals surface area contributed by atoms with E-state index < -0.39 is 14.0 Å². The van der Waals surface area contributed by atoms with Gasteiger partial charge < -0.3 is 9.63 Å². The van der Waals surface area contributed by atoms with Crippen LogP contribution < -0.4 is 4.89 Å². The molecule has 0 saturated carbocycles. The molecule has 1 unspecified atom stereocenters. The number of hydrogen-bond donors (Lipinski definition) is 1. The fraction of sp³-hybridized carbons (Fsp3) is 0.200. The Labute approximate surface area is 59.3 Å². The molecule has 0 aliphatic heterocycles. The summed E-state index contributed by atoms with van der Waals surface area (Å²) in [5, 5.41) is 0. The maximum Gasteiger partial charge on any atom is 0.340 e. The molecule has 10 heavy (non-hydrogen) atoms. The molecule has 0 bridgehead atoms. The lowest BCUT2D eigenvalue weighted by Gasteiger charge is -1.92. The van der Waals surface area contributed by atoms with E-state index in [4.69, 9.17) is 4.89 Å². The second-order valence-electron chi connectivity index (χ2n) is 1.59. The highest BCUT2D eigenvalue weighted by atomic mass is 31.1. The maximum absolute atomic E-state index is 10.5. The molecule has 56 valence electrons. The summed E-state index contributed by atoms with van der Waals surface area (Å²) < 4.78 is 4.17. The van der Waals surface area contributed by atoms with Gasteiger partial charge in [-0.2, -0.15) is 4.89 Å². The van der Waals surface area contributed by atoms with Crippen molar-refractivity contribution in [3.8, 4) is 0 Å². The van der Waals surface area contributed by atoms with Gasteiger partial charge in [0.15, 0.2) is 0 Å². The first kappa shape index (κ1) is 9.30. The normalized spacial score (nSPS) is 10.9. The van der Waals surface area contributed by atoms with Crippen molar-refractivity contribution in [3.05, 3.63) is 12.2 Å². The predicted octanol–water partition coefficient (Wildman–Crippen LogP) is -0.470. The molecular weight excluding hydrogens is 155 g/mol. The molecule has 0 spiro atoms. The minimum atomic E-state index is -2.52. The smallest absolute Gasteiger partial charge is 0.340 e. The molecule has 0 aromatic heterocycles. The predicted molar refractivity (Wildman–Crippen MR) is 36.1 cm³/mol. The van der Waals surface area contributed by atoms with Crippen molar-refractivity contribution in [2.45, 2.75) is 6.92 Å². The summed E-state index contributed by atoms with van der Waals surface area (Å²) in [6.45, 7) is 4.71. The Balaban J connectivity index is 3.83. The molecule has 0 fully saturated rings. The fourth-order valence-corrected chi connectivity index (χ4v) is 0.379. The summed E-state index contributed by atoms with van der Waals surface area (Å²) in [7, 11) is -2.52. The Morgan fingerprint density at radius 1 is 1.90 bits per heavy atom. The van der Waals surface area contributed by atoms with E-state index in [1.165, 1.54) is 6.92 Å². The molecule has 0 heterocycles. The van der Waals surface area contributed by atoms with Crippen LogP contribution >= 0.6 is 8.00 Å². The zero-order valence-electron chi connectivity index (χ0n) is 5.40. The molecule has 1 atom stereocenters. The van der Waals surface area contributed by atoms with Gasteiger partial charge in [0.2, 0.25) is 0 Å².